The standard InChI is InChI=1S/C16H26N2O2S.ClH/c1-13(2)10-14-4-6-15(7-5-14)21(19,20)18-9-8-16(3,11-17)12-18;/h4-7,13H,8-12,17H2,1-3H3;1H. The van der Waals surface area contributed by atoms with Crippen LogP contribution in [-0.4, -0.2) is 32.4 Å². The minimum atomic E-state index is -3.39. The van der Waals surface area contributed by atoms with Gasteiger partial charge in [0.15, 0.2) is 0 Å². The second kappa shape index (κ2) is 7.30. The highest BCUT2D eigenvalue weighted by atomic mass is 35.5. The van der Waals surface area contributed by atoms with E-state index in [0.29, 0.717) is 30.4 Å². The van der Waals surface area contributed by atoms with Gasteiger partial charge in [-0.1, -0.05) is 32.9 Å². The fourth-order valence-corrected chi connectivity index (χ4v) is 4.36. The summed E-state index contributed by atoms with van der Waals surface area (Å²) in [7, 11) is -3.39. The summed E-state index contributed by atoms with van der Waals surface area (Å²) in [6.45, 7) is 7.95. The predicted octanol–water partition coefficient (Wildman–Crippen LogP) is 2.67. The van der Waals surface area contributed by atoms with Crippen LogP contribution in [0.15, 0.2) is 29.2 Å². The summed E-state index contributed by atoms with van der Waals surface area (Å²) in [5.74, 6) is 0.566. The number of halogens is 1. The fourth-order valence-electron chi connectivity index (χ4n) is 2.77. The maximum absolute atomic E-state index is 12.7. The average molecular weight is 347 g/mol. The molecule has 4 nitrogen and oxygen atoms in total. The van der Waals surface area contributed by atoms with Gasteiger partial charge in [0.05, 0.1) is 4.90 Å². The lowest BCUT2D eigenvalue weighted by molar-refractivity contribution is 0.349. The molecule has 22 heavy (non-hydrogen) atoms. The molecule has 1 saturated heterocycles. The van der Waals surface area contributed by atoms with Crippen molar-refractivity contribution in [2.75, 3.05) is 19.6 Å². The normalized spacial score (nSPS) is 22.8. The molecule has 2 rings (SSSR count). The molecule has 0 spiro atoms. The first-order chi connectivity index (χ1) is 9.77. The molecule has 0 amide bonds. The smallest absolute Gasteiger partial charge is 0.243 e. The Kier molecular flexibility index (Phi) is 6.45. The molecule has 1 atom stereocenters. The Hall–Kier alpha value is -0.620. The van der Waals surface area contributed by atoms with Gasteiger partial charge in [-0.3, -0.25) is 0 Å². The van der Waals surface area contributed by atoms with Crippen LogP contribution < -0.4 is 5.73 Å². The molecule has 0 saturated carbocycles. The van der Waals surface area contributed by atoms with Crippen LogP contribution in [-0.2, 0) is 16.4 Å². The van der Waals surface area contributed by atoms with Crippen molar-refractivity contribution >= 4 is 22.4 Å². The Morgan fingerprint density at radius 1 is 1.27 bits per heavy atom. The van der Waals surface area contributed by atoms with Gasteiger partial charge in [-0.15, -0.1) is 12.4 Å². The number of nitrogens with two attached hydrogens (primary N) is 1. The number of sulfonamides is 1. The van der Waals surface area contributed by atoms with Crippen molar-refractivity contribution in [3.8, 4) is 0 Å². The number of benzene rings is 1. The third-order valence-corrected chi connectivity index (χ3v) is 6.08. The summed E-state index contributed by atoms with van der Waals surface area (Å²) in [5, 5.41) is 0. The fraction of sp³-hybridized carbons (Fsp3) is 0.625. The summed E-state index contributed by atoms with van der Waals surface area (Å²) in [4.78, 5) is 0.385. The van der Waals surface area contributed by atoms with Gasteiger partial charge in [-0.25, -0.2) is 8.42 Å². The van der Waals surface area contributed by atoms with E-state index in [4.69, 9.17) is 5.73 Å². The van der Waals surface area contributed by atoms with Crippen molar-refractivity contribution in [1.82, 2.24) is 4.31 Å². The number of nitrogens with zero attached hydrogens (tertiary/aromatic N) is 1. The van der Waals surface area contributed by atoms with Crippen LogP contribution in [0.1, 0.15) is 32.8 Å². The summed E-state index contributed by atoms with van der Waals surface area (Å²) in [6.07, 6.45) is 1.80. The van der Waals surface area contributed by atoms with E-state index in [1.54, 1.807) is 16.4 Å². The van der Waals surface area contributed by atoms with Crippen molar-refractivity contribution in [1.29, 1.82) is 0 Å². The second-order valence-electron chi connectivity index (χ2n) is 6.85. The molecule has 1 aromatic carbocycles. The molecule has 1 fully saturated rings. The Balaban J connectivity index is 0.00000242. The summed E-state index contributed by atoms with van der Waals surface area (Å²) < 4.78 is 26.9. The molecular formula is C16H27ClN2O2S. The molecule has 0 bridgehead atoms. The molecule has 1 aromatic rings. The van der Waals surface area contributed by atoms with E-state index in [9.17, 15) is 8.42 Å². The van der Waals surface area contributed by atoms with E-state index in [1.807, 2.05) is 19.1 Å². The van der Waals surface area contributed by atoms with Gasteiger partial charge in [0, 0.05) is 13.1 Å². The van der Waals surface area contributed by atoms with Gasteiger partial charge in [0.2, 0.25) is 10.0 Å². The van der Waals surface area contributed by atoms with E-state index >= 15 is 0 Å². The Bertz CT molecular complexity index is 587. The van der Waals surface area contributed by atoms with Gasteiger partial charge in [0.1, 0.15) is 0 Å². The van der Waals surface area contributed by atoms with Gasteiger partial charge in [-0.05, 0) is 48.4 Å². The number of hydrogen-bond donors (Lipinski definition) is 1. The van der Waals surface area contributed by atoms with Crippen LogP contribution in [0.2, 0.25) is 0 Å². The number of hydrogen-bond acceptors (Lipinski definition) is 3. The maximum Gasteiger partial charge on any atom is 0.243 e. The van der Waals surface area contributed by atoms with Crippen LogP contribution in [0.5, 0.6) is 0 Å². The largest absolute Gasteiger partial charge is 0.330 e. The maximum atomic E-state index is 12.7. The molecule has 126 valence electrons. The highest BCUT2D eigenvalue weighted by molar-refractivity contribution is 7.89. The topological polar surface area (TPSA) is 63.4 Å². The molecule has 1 aliphatic rings. The summed E-state index contributed by atoms with van der Waals surface area (Å²) in [6, 6.07) is 7.30. The number of rotatable bonds is 5. The third kappa shape index (κ3) is 4.22. The van der Waals surface area contributed by atoms with Crippen LogP contribution in [0, 0.1) is 11.3 Å². The van der Waals surface area contributed by atoms with Crippen LogP contribution >= 0.6 is 12.4 Å². The first-order valence-corrected chi connectivity index (χ1v) is 9.00. The lowest BCUT2D eigenvalue weighted by Crippen LogP contribution is -2.34. The molecule has 1 heterocycles. The van der Waals surface area contributed by atoms with Crippen molar-refractivity contribution in [3.05, 3.63) is 29.8 Å². The second-order valence-corrected chi connectivity index (χ2v) is 8.78. The van der Waals surface area contributed by atoms with Crippen molar-refractivity contribution < 1.29 is 8.42 Å². The van der Waals surface area contributed by atoms with Crippen molar-refractivity contribution in [3.63, 3.8) is 0 Å². The van der Waals surface area contributed by atoms with Gasteiger partial charge in [-0.2, -0.15) is 4.31 Å². The van der Waals surface area contributed by atoms with E-state index in [1.165, 1.54) is 5.56 Å². The van der Waals surface area contributed by atoms with Gasteiger partial charge < -0.3 is 5.73 Å². The highest BCUT2D eigenvalue weighted by Crippen LogP contribution is 2.32. The molecule has 0 aliphatic carbocycles. The van der Waals surface area contributed by atoms with Crippen LogP contribution in [0.25, 0.3) is 0 Å². The summed E-state index contributed by atoms with van der Waals surface area (Å²) in [5.41, 5.74) is 6.84. The van der Waals surface area contributed by atoms with Crippen molar-refractivity contribution in [2.24, 2.45) is 17.1 Å². The van der Waals surface area contributed by atoms with E-state index in [-0.39, 0.29) is 17.8 Å². The minimum Gasteiger partial charge on any atom is -0.330 e. The Labute approximate surface area is 140 Å². The molecule has 0 radical (unpaired) electrons. The zero-order chi connectivity index (χ0) is 15.7. The van der Waals surface area contributed by atoms with Crippen molar-refractivity contribution in [2.45, 2.75) is 38.5 Å². The van der Waals surface area contributed by atoms with Gasteiger partial charge in [0.25, 0.3) is 0 Å². The molecule has 1 unspecified atom stereocenters. The molecule has 6 heteroatoms. The predicted molar refractivity (Wildman–Crippen MR) is 92.8 cm³/mol. The van der Waals surface area contributed by atoms with Crippen LogP contribution in [0.4, 0.5) is 0 Å². The minimum absolute atomic E-state index is 0. The zero-order valence-electron chi connectivity index (χ0n) is 13.6. The average Bonchev–Trinajstić information content (AvgIpc) is 2.83. The van der Waals surface area contributed by atoms with E-state index in [0.717, 1.165) is 12.8 Å². The first-order valence-electron chi connectivity index (χ1n) is 7.56. The molecule has 0 aromatic heterocycles. The van der Waals surface area contributed by atoms with E-state index in [2.05, 4.69) is 13.8 Å². The SMILES string of the molecule is CC(C)Cc1ccc(S(=O)(=O)N2CCC(C)(CN)C2)cc1.Cl. The Morgan fingerprint density at radius 2 is 1.86 bits per heavy atom. The Morgan fingerprint density at radius 3 is 2.32 bits per heavy atom. The summed E-state index contributed by atoms with van der Waals surface area (Å²) >= 11 is 0. The molecular weight excluding hydrogens is 320 g/mol. The molecule has 2 N–H and O–H groups in total. The molecule has 1 aliphatic heterocycles. The first kappa shape index (κ1) is 19.4. The van der Waals surface area contributed by atoms with Crippen LogP contribution in [0.3, 0.4) is 0 Å². The van der Waals surface area contributed by atoms with E-state index < -0.39 is 10.0 Å². The van der Waals surface area contributed by atoms with Gasteiger partial charge >= 0.3 is 0 Å². The lowest BCUT2D eigenvalue weighted by atomic mass is 9.90. The monoisotopic (exact) mass is 346 g/mol. The highest BCUT2D eigenvalue weighted by Gasteiger charge is 2.38. The quantitative estimate of drug-likeness (QED) is 0.891. The third-order valence-electron chi connectivity index (χ3n) is 4.22. The zero-order valence-corrected chi connectivity index (χ0v) is 15.2. The lowest BCUT2D eigenvalue weighted by Gasteiger charge is -2.22.